The molecule has 0 aliphatic heterocycles. The first-order valence-electron chi connectivity index (χ1n) is 6.60. The van der Waals surface area contributed by atoms with Crippen molar-refractivity contribution in [2.24, 2.45) is 5.73 Å². The molecular weight excluding hydrogens is 236 g/mol. The standard InChI is InChI=1S/C16H24N2O/c1-5-13(2)18-16(3,12-17)11-10-14-6-8-15(19-4)9-7-14/h1,6-9,13,18H,10-12,17H2,2-4H3. The smallest absolute Gasteiger partial charge is 0.118 e. The fourth-order valence-electron chi connectivity index (χ4n) is 2.01. The van der Waals surface area contributed by atoms with Crippen molar-refractivity contribution in [3.8, 4) is 18.1 Å². The van der Waals surface area contributed by atoms with Crippen molar-refractivity contribution in [2.75, 3.05) is 13.7 Å². The Bertz CT molecular complexity index is 421. The molecule has 1 rings (SSSR count). The average molecular weight is 260 g/mol. The molecule has 3 heteroatoms. The van der Waals surface area contributed by atoms with E-state index in [4.69, 9.17) is 16.9 Å². The summed E-state index contributed by atoms with van der Waals surface area (Å²) in [7, 11) is 1.67. The van der Waals surface area contributed by atoms with E-state index in [9.17, 15) is 0 Å². The number of hydrogen-bond donors (Lipinski definition) is 2. The molecule has 0 saturated heterocycles. The van der Waals surface area contributed by atoms with Gasteiger partial charge in [0.15, 0.2) is 0 Å². The molecule has 0 saturated carbocycles. The maximum absolute atomic E-state index is 5.87. The van der Waals surface area contributed by atoms with Gasteiger partial charge >= 0.3 is 0 Å². The fourth-order valence-corrected chi connectivity index (χ4v) is 2.01. The molecule has 0 spiro atoms. The van der Waals surface area contributed by atoms with Crippen LogP contribution in [0.4, 0.5) is 0 Å². The van der Waals surface area contributed by atoms with Gasteiger partial charge < -0.3 is 10.5 Å². The van der Waals surface area contributed by atoms with Crippen molar-refractivity contribution in [3.05, 3.63) is 29.8 Å². The first-order chi connectivity index (χ1) is 9.03. The van der Waals surface area contributed by atoms with Gasteiger partial charge in [0.05, 0.1) is 13.2 Å². The van der Waals surface area contributed by atoms with Crippen LogP contribution in [0.1, 0.15) is 25.8 Å². The summed E-state index contributed by atoms with van der Waals surface area (Å²) in [4.78, 5) is 0. The zero-order chi connectivity index (χ0) is 14.3. The zero-order valence-corrected chi connectivity index (χ0v) is 12.1. The van der Waals surface area contributed by atoms with Crippen LogP contribution in [-0.2, 0) is 6.42 Å². The van der Waals surface area contributed by atoms with Crippen LogP contribution in [0.2, 0.25) is 0 Å². The van der Waals surface area contributed by atoms with E-state index in [-0.39, 0.29) is 11.6 Å². The highest BCUT2D eigenvalue weighted by atomic mass is 16.5. The second kappa shape index (κ2) is 7.18. The van der Waals surface area contributed by atoms with Crippen molar-refractivity contribution in [1.82, 2.24) is 5.32 Å². The van der Waals surface area contributed by atoms with Gasteiger partial charge in [-0.25, -0.2) is 0 Å². The third-order valence-corrected chi connectivity index (χ3v) is 3.39. The van der Waals surface area contributed by atoms with Crippen LogP contribution in [-0.4, -0.2) is 25.2 Å². The van der Waals surface area contributed by atoms with Gasteiger partial charge in [0.25, 0.3) is 0 Å². The summed E-state index contributed by atoms with van der Waals surface area (Å²) < 4.78 is 5.15. The highest BCUT2D eigenvalue weighted by molar-refractivity contribution is 5.27. The molecule has 1 aromatic rings. The Balaban J connectivity index is 2.59. The molecule has 0 aliphatic rings. The highest BCUT2D eigenvalue weighted by Gasteiger charge is 2.23. The number of methoxy groups -OCH3 is 1. The Hall–Kier alpha value is -1.50. The lowest BCUT2D eigenvalue weighted by Crippen LogP contribution is -2.52. The van der Waals surface area contributed by atoms with Gasteiger partial charge in [-0.05, 0) is 44.4 Å². The summed E-state index contributed by atoms with van der Waals surface area (Å²) in [6.07, 6.45) is 7.31. The van der Waals surface area contributed by atoms with E-state index in [1.807, 2.05) is 19.1 Å². The molecule has 3 nitrogen and oxygen atoms in total. The van der Waals surface area contributed by atoms with Crippen LogP contribution in [0.5, 0.6) is 5.75 Å². The third-order valence-electron chi connectivity index (χ3n) is 3.39. The number of nitrogens with two attached hydrogens (primary N) is 1. The molecule has 19 heavy (non-hydrogen) atoms. The Morgan fingerprint density at radius 3 is 2.53 bits per heavy atom. The second-order valence-electron chi connectivity index (χ2n) is 5.15. The Labute approximate surface area is 116 Å². The normalized spacial score (nSPS) is 15.3. The lowest BCUT2D eigenvalue weighted by molar-refractivity contribution is 0.327. The van der Waals surface area contributed by atoms with Crippen LogP contribution in [0.3, 0.4) is 0 Å². The quantitative estimate of drug-likeness (QED) is 0.737. The van der Waals surface area contributed by atoms with Gasteiger partial charge in [0.2, 0.25) is 0 Å². The van der Waals surface area contributed by atoms with Crippen molar-refractivity contribution >= 4 is 0 Å². The van der Waals surface area contributed by atoms with Crippen molar-refractivity contribution < 1.29 is 4.74 Å². The van der Waals surface area contributed by atoms with Crippen molar-refractivity contribution in [1.29, 1.82) is 0 Å². The number of rotatable bonds is 7. The number of aryl methyl sites for hydroxylation is 1. The first-order valence-corrected chi connectivity index (χ1v) is 6.60. The maximum atomic E-state index is 5.87. The van der Waals surface area contributed by atoms with Crippen molar-refractivity contribution in [2.45, 2.75) is 38.3 Å². The van der Waals surface area contributed by atoms with Gasteiger partial charge in [0.1, 0.15) is 5.75 Å². The highest BCUT2D eigenvalue weighted by Crippen LogP contribution is 2.17. The monoisotopic (exact) mass is 260 g/mol. The van der Waals surface area contributed by atoms with Gasteiger partial charge in [-0.3, -0.25) is 5.32 Å². The average Bonchev–Trinajstić information content (AvgIpc) is 2.45. The summed E-state index contributed by atoms with van der Waals surface area (Å²) >= 11 is 0. The SMILES string of the molecule is C#CC(C)NC(C)(CN)CCc1ccc(OC)cc1. The minimum Gasteiger partial charge on any atom is -0.497 e. The van der Waals surface area contributed by atoms with E-state index in [1.165, 1.54) is 5.56 Å². The van der Waals surface area contributed by atoms with Crippen LogP contribution in [0.25, 0.3) is 0 Å². The molecule has 0 amide bonds. The van der Waals surface area contributed by atoms with E-state index >= 15 is 0 Å². The maximum Gasteiger partial charge on any atom is 0.118 e. The molecule has 1 aromatic carbocycles. The predicted molar refractivity (Wildman–Crippen MR) is 80.2 cm³/mol. The summed E-state index contributed by atoms with van der Waals surface area (Å²) in [5, 5.41) is 3.40. The number of terminal acetylenes is 1. The van der Waals surface area contributed by atoms with E-state index in [0.717, 1.165) is 18.6 Å². The van der Waals surface area contributed by atoms with Gasteiger partial charge in [0, 0.05) is 12.1 Å². The minimum absolute atomic E-state index is 0.0319. The molecule has 104 valence electrons. The van der Waals surface area contributed by atoms with Gasteiger partial charge in [-0.2, -0.15) is 0 Å². The first kappa shape index (κ1) is 15.6. The summed E-state index contributed by atoms with van der Waals surface area (Å²) in [6.45, 7) is 4.65. The molecule has 0 aliphatic carbocycles. The van der Waals surface area contributed by atoms with E-state index in [0.29, 0.717) is 6.54 Å². The molecule has 0 aromatic heterocycles. The molecule has 2 unspecified atom stereocenters. The van der Waals surface area contributed by atoms with Crippen LogP contribution in [0, 0.1) is 12.3 Å². The summed E-state index contributed by atoms with van der Waals surface area (Å²) in [5.74, 6) is 3.56. The number of benzene rings is 1. The van der Waals surface area contributed by atoms with E-state index in [1.54, 1.807) is 7.11 Å². The Kier molecular flexibility index (Phi) is 5.88. The lowest BCUT2D eigenvalue weighted by Gasteiger charge is -2.31. The number of nitrogens with one attached hydrogen (secondary N) is 1. The van der Waals surface area contributed by atoms with Crippen LogP contribution >= 0.6 is 0 Å². The fraction of sp³-hybridized carbons (Fsp3) is 0.500. The lowest BCUT2D eigenvalue weighted by atomic mass is 9.92. The molecule has 0 fully saturated rings. The molecule has 3 N–H and O–H groups in total. The van der Waals surface area contributed by atoms with E-state index in [2.05, 4.69) is 30.3 Å². The number of hydrogen-bond acceptors (Lipinski definition) is 3. The van der Waals surface area contributed by atoms with Crippen LogP contribution in [0.15, 0.2) is 24.3 Å². The van der Waals surface area contributed by atoms with Crippen LogP contribution < -0.4 is 15.8 Å². The molecule has 0 bridgehead atoms. The third kappa shape index (κ3) is 4.94. The number of ether oxygens (including phenoxy) is 1. The van der Waals surface area contributed by atoms with Crippen molar-refractivity contribution in [3.63, 3.8) is 0 Å². The molecular formula is C16H24N2O. The predicted octanol–water partition coefficient (Wildman–Crippen LogP) is 1.96. The molecule has 0 heterocycles. The summed E-state index contributed by atoms with van der Waals surface area (Å²) in [6, 6.07) is 8.16. The largest absolute Gasteiger partial charge is 0.497 e. The van der Waals surface area contributed by atoms with E-state index < -0.39 is 0 Å². The second-order valence-corrected chi connectivity index (χ2v) is 5.15. The Morgan fingerprint density at radius 2 is 2.05 bits per heavy atom. The minimum atomic E-state index is -0.133. The molecule has 2 atom stereocenters. The van der Waals surface area contributed by atoms with Gasteiger partial charge in [-0.15, -0.1) is 6.42 Å². The topological polar surface area (TPSA) is 47.3 Å². The zero-order valence-electron chi connectivity index (χ0n) is 12.1. The van der Waals surface area contributed by atoms with Gasteiger partial charge in [-0.1, -0.05) is 18.1 Å². The summed E-state index contributed by atoms with van der Waals surface area (Å²) in [5.41, 5.74) is 7.01. The molecule has 0 radical (unpaired) electrons. The Morgan fingerprint density at radius 1 is 1.42 bits per heavy atom.